The first-order valence-electron chi connectivity index (χ1n) is 10.5. The molecular weight excluding hydrogens is 392 g/mol. The molecule has 7 heteroatoms. The average Bonchev–Trinajstić information content (AvgIpc) is 3.42. The van der Waals surface area contributed by atoms with Gasteiger partial charge in [-0.2, -0.15) is 0 Å². The molecule has 7 nitrogen and oxygen atoms in total. The van der Waals surface area contributed by atoms with Crippen LogP contribution >= 0.6 is 0 Å². The zero-order valence-corrected chi connectivity index (χ0v) is 18.2. The predicted octanol–water partition coefficient (Wildman–Crippen LogP) is 3.09. The van der Waals surface area contributed by atoms with Crippen LogP contribution in [-0.4, -0.2) is 66.7 Å². The highest BCUT2D eigenvalue weighted by atomic mass is 16.5. The normalized spacial score (nSPS) is 18.5. The summed E-state index contributed by atoms with van der Waals surface area (Å²) in [4.78, 5) is 17.1. The smallest absolute Gasteiger partial charge is 0.247 e. The van der Waals surface area contributed by atoms with Gasteiger partial charge in [0, 0.05) is 31.1 Å². The van der Waals surface area contributed by atoms with E-state index >= 15 is 0 Å². The Morgan fingerprint density at radius 2 is 1.84 bits per heavy atom. The lowest BCUT2D eigenvalue weighted by Gasteiger charge is -2.19. The van der Waals surface area contributed by atoms with E-state index in [1.54, 1.807) is 7.11 Å². The number of carbonyl (C=O) groups is 1. The Hall–Kier alpha value is -3.19. The van der Waals surface area contributed by atoms with Crippen molar-refractivity contribution in [2.45, 2.75) is 12.3 Å². The van der Waals surface area contributed by atoms with Gasteiger partial charge in [-0.1, -0.05) is 30.3 Å². The van der Waals surface area contributed by atoms with Crippen LogP contribution in [0.1, 0.15) is 17.4 Å². The van der Waals surface area contributed by atoms with Gasteiger partial charge in [0.2, 0.25) is 17.7 Å². The van der Waals surface area contributed by atoms with Crippen molar-refractivity contribution in [3.8, 4) is 17.2 Å². The number of benzene rings is 2. The van der Waals surface area contributed by atoms with E-state index < -0.39 is 0 Å². The van der Waals surface area contributed by atoms with Gasteiger partial charge >= 0.3 is 0 Å². The van der Waals surface area contributed by atoms with E-state index in [-0.39, 0.29) is 17.7 Å². The number of amides is 1. The van der Waals surface area contributed by atoms with Gasteiger partial charge in [0.1, 0.15) is 5.75 Å². The van der Waals surface area contributed by atoms with Gasteiger partial charge in [-0.3, -0.25) is 4.79 Å². The van der Waals surface area contributed by atoms with E-state index in [4.69, 9.17) is 9.15 Å². The van der Waals surface area contributed by atoms with Crippen LogP contribution in [0.5, 0.6) is 5.75 Å². The first-order valence-corrected chi connectivity index (χ1v) is 10.5. The summed E-state index contributed by atoms with van der Waals surface area (Å²) in [6, 6.07) is 17.4. The lowest BCUT2D eigenvalue weighted by atomic mass is 9.95. The summed E-state index contributed by atoms with van der Waals surface area (Å²) in [7, 11) is 5.72. The largest absolute Gasteiger partial charge is 0.497 e. The Kier molecular flexibility index (Phi) is 6.32. The second-order valence-corrected chi connectivity index (χ2v) is 8.26. The maximum atomic E-state index is 13.0. The maximum Gasteiger partial charge on any atom is 0.247 e. The molecule has 0 bridgehead atoms. The van der Waals surface area contributed by atoms with E-state index in [9.17, 15) is 4.79 Å². The van der Waals surface area contributed by atoms with E-state index in [0.717, 1.165) is 23.4 Å². The summed E-state index contributed by atoms with van der Waals surface area (Å²) in [5, 5.41) is 8.59. The van der Waals surface area contributed by atoms with Gasteiger partial charge in [-0.15, -0.1) is 10.2 Å². The molecule has 0 aliphatic carbocycles. The minimum absolute atomic E-state index is 0.0205. The highest BCUT2D eigenvalue weighted by molar-refractivity contribution is 5.79. The summed E-state index contributed by atoms with van der Waals surface area (Å²) in [5.41, 5.74) is 1.87. The van der Waals surface area contributed by atoms with Crippen LogP contribution in [0.4, 0.5) is 0 Å². The van der Waals surface area contributed by atoms with Crippen molar-refractivity contribution in [2.75, 3.05) is 40.8 Å². The van der Waals surface area contributed by atoms with E-state index in [0.29, 0.717) is 31.3 Å². The van der Waals surface area contributed by atoms with Crippen LogP contribution in [0, 0.1) is 5.92 Å². The first-order chi connectivity index (χ1) is 15.0. The van der Waals surface area contributed by atoms with Crippen molar-refractivity contribution in [3.05, 3.63) is 66.1 Å². The number of aromatic nitrogens is 2. The number of hydrogen-bond donors (Lipinski definition) is 0. The van der Waals surface area contributed by atoms with Crippen molar-refractivity contribution in [2.24, 2.45) is 5.92 Å². The SMILES string of the molecule is COc1ccc(CC(=O)N2C[C@H](CN(C)C)[C@@H](c3nnc(-c4ccccc4)o3)C2)cc1. The molecule has 2 aromatic carbocycles. The molecule has 0 N–H and O–H groups in total. The molecular formula is C24H28N4O3. The highest BCUT2D eigenvalue weighted by Crippen LogP contribution is 2.34. The molecule has 1 aliphatic rings. The third-order valence-electron chi connectivity index (χ3n) is 5.69. The number of carbonyl (C=O) groups excluding carboxylic acids is 1. The number of methoxy groups -OCH3 is 1. The predicted molar refractivity (Wildman–Crippen MR) is 118 cm³/mol. The molecule has 3 aromatic rings. The second-order valence-electron chi connectivity index (χ2n) is 8.26. The Labute approximate surface area is 182 Å². The molecule has 1 fully saturated rings. The molecule has 4 rings (SSSR count). The number of ether oxygens (including phenoxy) is 1. The summed E-state index contributed by atoms with van der Waals surface area (Å²) in [6.45, 7) is 2.12. The summed E-state index contributed by atoms with van der Waals surface area (Å²) >= 11 is 0. The topological polar surface area (TPSA) is 71.7 Å². The lowest BCUT2D eigenvalue weighted by Crippen LogP contribution is -2.31. The van der Waals surface area contributed by atoms with Gasteiger partial charge < -0.3 is 19.0 Å². The first kappa shape index (κ1) is 21.1. The second kappa shape index (κ2) is 9.31. The van der Waals surface area contributed by atoms with Gasteiger partial charge in [-0.25, -0.2) is 0 Å². The van der Waals surface area contributed by atoms with Crippen LogP contribution in [0.2, 0.25) is 0 Å². The zero-order chi connectivity index (χ0) is 21.8. The Morgan fingerprint density at radius 1 is 1.10 bits per heavy atom. The summed E-state index contributed by atoms with van der Waals surface area (Å²) in [5.74, 6) is 2.27. The molecule has 1 aliphatic heterocycles. The number of hydrogen-bond acceptors (Lipinski definition) is 6. The van der Waals surface area contributed by atoms with Crippen molar-refractivity contribution >= 4 is 5.91 Å². The van der Waals surface area contributed by atoms with E-state index in [1.165, 1.54) is 0 Å². The summed E-state index contributed by atoms with van der Waals surface area (Å²) < 4.78 is 11.2. The van der Waals surface area contributed by atoms with Crippen LogP contribution in [-0.2, 0) is 11.2 Å². The molecule has 0 spiro atoms. The molecule has 2 heterocycles. The molecule has 0 saturated carbocycles. The molecule has 31 heavy (non-hydrogen) atoms. The lowest BCUT2D eigenvalue weighted by molar-refractivity contribution is -0.129. The zero-order valence-electron chi connectivity index (χ0n) is 18.2. The van der Waals surface area contributed by atoms with Gasteiger partial charge in [0.25, 0.3) is 0 Å². The molecule has 1 amide bonds. The molecule has 162 valence electrons. The van der Waals surface area contributed by atoms with Crippen LogP contribution < -0.4 is 4.74 Å². The van der Waals surface area contributed by atoms with Crippen LogP contribution in [0.3, 0.4) is 0 Å². The average molecular weight is 421 g/mol. The van der Waals surface area contributed by atoms with Gasteiger partial charge in [0.05, 0.1) is 19.4 Å². The molecule has 0 unspecified atom stereocenters. The van der Waals surface area contributed by atoms with Gasteiger partial charge in [-0.05, 0) is 43.9 Å². The number of nitrogens with zero attached hydrogens (tertiary/aromatic N) is 4. The monoisotopic (exact) mass is 420 g/mol. The van der Waals surface area contributed by atoms with Crippen molar-refractivity contribution in [3.63, 3.8) is 0 Å². The molecule has 0 radical (unpaired) electrons. The van der Waals surface area contributed by atoms with Crippen LogP contribution in [0.25, 0.3) is 11.5 Å². The molecule has 1 saturated heterocycles. The fourth-order valence-electron chi connectivity index (χ4n) is 4.12. The fourth-order valence-corrected chi connectivity index (χ4v) is 4.12. The number of likely N-dealkylation sites (tertiary alicyclic amines) is 1. The van der Waals surface area contributed by atoms with E-state index in [2.05, 4.69) is 15.1 Å². The van der Waals surface area contributed by atoms with Crippen molar-refractivity contribution in [1.82, 2.24) is 20.0 Å². The third kappa shape index (κ3) is 4.94. The van der Waals surface area contributed by atoms with E-state index in [1.807, 2.05) is 73.6 Å². The minimum atomic E-state index is 0.0205. The Morgan fingerprint density at radius 3 is 2.52 bits per heavy atom. The van der Waals surface area contributed by atoms with Crippen molar-refractivity contribution < 1.29 is 13.9 Å². The van der Waals surface area contributed by atoms with Crippen LogP contribution in [0.15, 0.2) is 59.0 Å². The molecule has 1 aromatic heterocycles. The van der Waals surface area contributed by atoms with Gasteiger partial charge in [0.15, 0.2) is 0 Å². The van der Waals surface area contributed by atoms with Crippen molar-refractivity contribution in [1.29, 1.82) is 0 Å². The Bertz CT molecular complexity index is 1000. The minimum Gasteiger partial charge on any atom is -0.497 e. The Balaban J connectivity index is 1.49. The third-order valence-corrected chi connectivity index (χ3v) is 5.69. The standard InChI is InChI=1S/C24H28N4O3/c1-27(2)14-19-15-28(22(29)13-17-9-11-20(30-3)12-10-17)16-21(19)24-26-25-23(31-24)18-7-5-4-6-8-18/h4-12,19,21H,13-16H2,1-3H3/t19-,21-/m0/s1. The maximum absolute atomic E-state index is 13.0. The molecule has 2 atom stereocenters. The fraction of sp³-hybridized carbons (Fsp3) is 0.375. The number of rotatable bonds is 7. The highest BCUT2D eigenvalue weighted by Gasteiger charge is 2.39. The summed E-state index contributed by atoms with van der Waals surface area (Å²) in [6.07, 6.45) is 0.366. The quantitative estimate of drug-likeness (QED) is 0.585.